The third kappa shape index (κ3) is 2.74. The summed E-state index contributed by atoms with van der Waals surface area (Å²) in [7, 11) is 0. The van der Waals surface area contributed by atoms with Gasteiger partial charge in [-0.15, -0.1) is 6.58 Å². The van der Waals surface area contributed by atoms with Crippen molar-refractivity contribution in [1.82, 2.24) is 4.57 Å². The van der Waals surface area contributed by atoms with E-state index in [-0.39, 0.29) is 0 Å². The van der Waals surface area contributed by atoms with E-state index in [1.165, 1.54) is 0 Å². The number of carbonyl (C=O) groups is 1. The number of amides is 1. The van der Waals surface area contributed by atoms with Crippen LogP contribution >= 0.6 is 11.6 Å². The molecule has 0 saturated heterocycles. The van der Waals surface area contributed by atoms with Gasteiger partial charge in [-0.25, -0.2) is 0 Å². The second-order valence-corrected chi connectivity index (χ2v) is 5.34. The topological polar surface area (TPSA) is 48.0 Å². The van der Waals surface area contributed by atoms with Gasteiger partial charge in [0.25, 0.3) is 5.91 Å². The smallest absolute Gasteiger partial charge is 0.251 e. The highest BCUT2D eigenvalue weighted by Gasteiger charge is 2.23. The van der Waals surface area contributed by atoms with Gasteiger partial charge >= 0.3 is 0 Å². The highest BCUT2D eigenvalue weighted by atomic mass is 35.5. The second kappa shape index (κ2) is 6.19. The minimum Gasteiger partial charge on any atom is -0.366 e. The number of allylic oxidation sites excluding steroid dienone is 1. The van der Waals surface area contributed by atoms with Crippen molar-refractivity contribution in [3.8, 4) is 11.1 Å². The van der Waals surface area contributed by atoms with Crippen LogP contribution in [0.4, 0.5) is 0 Å². The molecule has 1 amide bonds. The Bertz CT molecular complexity index is 684. The molecule has 110 valence electrons. The monoisotopic (exact) mass is 302 g/mol. The number of hydrogen-bond acceptors (Lipinski definition) is 1. The van der Waals surface area contributed by atoms with Crippen molar-refractivity contribution in [2.45, 2.75) is 26.8 Å². The first kappa shape index (κ1) is 15.4. The Hall–Kier alpha value is -2.00. The van der Waals surface area contributed by atoms with E-state index in [1.54, 1.807) is 0 Å². The standard InChI is InChI=1S/C17H19ClN2O/c1-4-10-20-11(3)15(17(19)21)16(14(20)5-2)12-6-8-13(18)9-7-12/h4,6-9H,1,5,10H2,2-3H3,(H2,19,21). The molecule has 0 fully saturated rings. The van der Waals surface area contributed by atoms with E-state index in [4.69, 9.17) is 17.3 Å². The first-order chi connectivity index (χ1) is 10.0. The first-order valence-corrected chi connectivity index (χ1v) is 7.27. The van der Waals surface area contributed by atoms with E-state index >= 15 is 0 Å². The van der Waals surface area contributed by atoms with Crippen molar-refractivity contribution in [3.63, 3.8) is 0 Å². The average Bonchev–Trinajstić information content (AvgIpc) is 2.73. The van der Waals surface area contributed by atoms with Crippen molar-refractivity contribution < 1.29 is 4.79 Å². The maximum Gasteiger partial charge on any atom is 0.251 e. The van der Waals surface area contributed by atoms with Gasteiger partial charge in [-0.05, 0) is 31.0 Å². The Morgan fingerprint density at radius 2 is 2.00 bits per heavy atom. The SMILES string of the molecule is C=CCn1c(C)c(C(N)=O)c(-c2ccc(Cl)cc2)c1CC. The third-order valence-corrected chi connectivity index (χ3v) is 3.91. The Morgan fingerprint density at radius 3 is 2.48 bits per heavy atom. The van der Waals surface area contributed by atoms with Crippen LogP contribution in [0.3, 0.4) is 0 Å². The molecule has 21 heavy (non-hydrogen) atoms. The highest BCUT2D eigenvalue weighted by molar-refractivity contribution is 6.30. The van der Waals surface area contributed by atoms with E-state index in [0.717, 1.165) is 28.9 Å². The molecule has 0 unspecified atom stereocenters. The molecule has 0 aliphatic carbocycles. The minimum atomic E-state index is -0.407. The molecule has 0 saturated carbocycles. The average molecular weight is 303 g/mol. The summed E-state index contributed by atoms with van der Waals surface area (Å²) in [6.45, 7) is 8.43. The molecule has 0 radical (unpaired) electrons. The lowest BCUT2D eigenvalue weighted by molar-refractivity contribution is 0.1000. The molecule has 1 heterocycles. The van der Waals surface area contributed by atoms with Gasteiger partial charge in [0.15, 0.2) is 0 Å². The van der Waals surface area contributed by atoms with E-state index in [9.17, 15) is 4.79 Å². The van der Waals surface area contributed by atoms with Gasteiger partial charge in [0.1, 0.15) is 0 Å². The lowest BCUT2D eigenvalue weighted by Gasteiger charge is -2.09. The van der Waals surface area contributed by atoms with Crippen LogP contribution in [-0.4, -0.2) is 10.5 Å². The van der Waals surface area contributed by atoms with Crippen LogP contribution in [0.15, 0.2) is 36.9 Å². The van der Waals surface area contributed by atoms with E-state index in [0.29, 0.717) is 17.1 Å². The summed E-state index contributed by atoms with van der Waals surface area (Å²) < 4.78 is 2.09. The summed E-state index contributed by atoms with van der Waals surface area (Å²) in [6, 6.07) is 7.48. The van der Waals surface area contributed by atoms with Crippen LogP contribution < -0.4 is 5.73 Å². The van der Waals surface area contributed by atoms with Crippen LogP contribution in [0.5, 0.6) is 0 Å². The predicted octanol–water partition coefficient (Wildman–Crippen LogP) is 3.96. The number of primary amides is 1. The molecule has 1 aromatic carbocycles. The third-order valence-electron chi connectivity index (χ3n) is 3.66. The fourth-order valence-corrected chi connectivity index (χ4v) is 2.90. The molecule has 2 aromatic rings. The van der Waals surface area contributed by atoms with Gasteiger partial charge in [-0.2, -0.15) is 0 Å². The lowest BCUT2D eigenvalue weighted by atomic mass is 9.99. The molecule has 0 bridgehead atoms. The molecule has 0 aliphatic heterocycles. The molecular formula is C17H19ClN2O. The number of nitrogens with two attached hydrogens (primary N) is 1. The van der Waals surface area contributed by atoms with Gasteiger partial charge in [0, 0.05) is 28.5 Å². The maximum absolute atomic E-state index is 11.9. The summed E-state index contributed by atoms with van der Waals surface area (Å²) in [5.74, 6) is -0.407. The molecule has 0 atom stereocenters. The number of hydrogen-bond donors (Lipinski definition) is 1. The highest BCUT2D eigenvalue weighted by Crippen LogP contribution is 2.33. The Balaban J connectivity index is 2.78. The maximum atomic E-state index is 11.9. The number of rotatable bonds is 5. The molecule has 4 heteroatoms. The number of nitrogens with zero attached hydrogens (tertiary/aromatic N) is 1. The van der Waals surface area contributed by atoms with Crippen molar-refractivity contribution in [2.75, 3.05) is 0 Å². The second-order valence-electron chi connectivity index (χ2n) is 4.91. The Morgan fingerprint density at radius 1 is 1.38 bits per heavy atom. The molecule has 0 aliphatic rings. The zero-order chi connectivity index (χ0) is 15.6. The summed E-state index contributed by atoms with van der Waals surface area (Å²) in [5, 5.41) is 0.666. The van der Waals surface area contributed by atoms with Gasteiger partial charge in [-0.1, -0.05) is 36.7 Å². The summed E-state index contributed by atoms with van der Waals surface area (Å²) in [6.07, 6.45) is 2.63. The van der Waals surface area contributed by atoms with Crippen molar-refractivity contribution in [3.05, 3.63) is 58.9 Å². The van der Waals surface area contributed by atoms with Crippen LogP contribution in [0, 0.1) is 6.92 Å². The zero-order valence-electron chi connectivity index (χ0n) is 12.3. The zero-order valence-corrected chi connectivity index (χ0v) is 13.1. The van der Waals surface area contributed by atoms with E-state index < -0.39 is 5.91 Å². The van der Waals surface area contributed by atoms with Crippen LogP contribution in [0.1, 0.15) is 28.7 Å². The quantitative estimate of drug-likeness (QED) is 0.835. The molecule has 1 aromatic heterocycles. The molecular weight excluding hydrogens is 284 g/mol. The number of carbonyl (C=O) groups excluding carboxylic acids is 1. The number of benzene rings is 1. The van der Waals surface area contributed by atoms with E-state index in [2.05, 4.69) is 18.1 Å². The Labute approximate surface area is 130 Å². The Kier molecular flexibility index (Phi) is 4.53. The molecule has 2 N–H and O–H groups in total. The molecule has 3 nitrogen and oxygen atoms in total. The van der Waals surface area contributed by atoms with Crippen molar-refractivity contribution in [1.29, 1.82) is 0 Å². The summed E-state index contributed by atoms with van der Waals surface area (Å²) >= 11 is 5.95. The lowest BCUT2D eigenvalue weighted by Crippen LogP contribution is -2.13. The van der Waals surface area contributed by atoms with Crippen LogP contribution in [0.2, 0.25) is 5.02 Å². The van der Waals surface area contributed by atoms with E-state index in [1.807, 2.05) is 37.3 Å². The number of halogens is 1. The summed E-state index contributed by atoms with van der Waals surface area (Å²) in [4.78, 5) is 11.9. The number of aromatic nitrogens is 1. The van der Waals surface area contributed by atoms with Gasteiger partial charge in [-0.3, -0.25) is 4.79 Å². The normalized spacial score (nSPS) is 10.6. The molecule has 2 rings (SSSR count). The van der Waals surface area contributed by atoms with Gasteiger partial charge in [0.05, 0.1) is 5.56 Å². The first-order valence-electron chi connectivity index (χ1n) is 6.89. The van der Waals surface area contributed by atoms with Crippen LogP contribution in [-0.2, 0) is 13.0 Å². The van der Waals surface area contributed by atoms with Crippen molar-refractivity contribution in [2.24, 2.45) is 5.73 Å². The largest absolute Gasteiger partial charge is 0.366 e. The van der Waals surface area contributed by atoms with Gasteiger partial charge in [0.2, 0.25) is 0 Å². The van der Waals surface area contributed by atoms with Crippen molar-refractivity contribution >= 4 is 17.5 Å². The molecule has 0 spiro atoms. The fourth-order valence-electron chi connectivity index (χ4n) is 2.77. The summed E-state index contributed by atoms with van der Waals surface area (Å²) in [5.41, 5.74) is 10.0. The van der Waals surface area contributed by atoms with Crippen LogP contribution in [0.25, 0.3) is 11.1 Å². The predicted molar refractivity (Wildman–Crippen MR) is 87.7 cm³/mol. The fraction of sp³-hybridized carbons (Fsp3) is 0.235. The van der Waals surface area contributed by atoms with Gasteiger partial charge < -0.3 is 10.3 Å². The minimum absolute atomic E-state index is 0.407.